The lowest BCUT2D eigenvalue weighted by Gasteiger charge is -2.25. The summed E-state index contributed by atoms with van der Waals surface area (Å²) in [6, 6.07) is 20.2. The number of nitriles is 1. The summed E-state index contributed by atoms with van der Waals surface area (Å²) in [5, 5.41) is 9.64. The van der Waals surface area contributed by atoms with Crippen molar-refractivity contribution in [2.24, 2.45) is 5.73 Å². The number of fused-ring (bicyclic) bond motifs is 1. The van der Waals surface area contributed by atoms with E-state index in [4.69, 9.17) is 19.6 Å². The van der Waals surface area contributed by atoms with Gasteiger partial charge < -0.3 is 19.6 Å². The van der Waals surface area contributed by atoms with Gasteiger partial charge in [-0.2, -0.15) is 5.26 Å². The molecule has 1 aromatic heterocycles. The van der Waals surface area contributed by atoms with Gasteiger partial charge >= 0.3 is 5.63 Å². The van der Waals surface area contributed by atoms with Gasteiger partial charge in [0.2, 0.25) is 5.88 Å². The van der Waals surface area contributed by atoms with Gasteiger partial charge in [-0.15, -0.1) is 0 Å². The Hall–Kier alpha value is -3.98. The van der Waals surface area contributed by atoms with Crippen LogP contribution in [0.3, 0.4) is 0 Å². The number of para-hydroxylation sites is 1. The molecular weight excluding hydrogens is 356 g/mol. The van der Waals surface area contributed by atoms with Crippen LogP contribution in [0.1, 0.15) is 22.8 Å². The van der Waals surface area contributed by atoms with Gasteiger partial charge in [-0.05, 0) is 36.8 Å². The summed E-state index contributed by atoms with van der Waals surface area (Å²) >= 11 is 0. The van der Waals surface area contributed by atoms with E-state index in [1.165, 1.54) is 0 Å². The molecule has 1 atom stereocenters. The minimum absolute atomic E-state index is 0.0284. The molecule has 1 unspecified atom stereocenters. The van der Waals surface area contributed by atoms with Gasteiger partial charge in [0.15, 0.2) is 0 Å². The van der Waals surface area contributed by atoms with Crippen molar-refractivity contribution in [2.45, 2.75) is 12.8 Å². The van der Waals surface area contributed by atoms with Crippen LogP contribution in [0, 0.1) is 18.3 Å². The van der Waals surface area contributed by atoms with Crippen LogP contribution in [-0.4, -0.2) is 0 Å². The molecule has 2 aromatic carbocycles. The lowest BCUT2D eigenvalue weighted by atomic mass is 9.84. The molecule has 2 heterocycles. The van der Waals surface area contributed by atoms with Crippen molar-refractivity contribution in [1.29, 1.82) is 5.26 Å². The molecule has 1 aliphatic rings. The maximum atomic E-state index is 12.6. The lowest BCUT2D eigenvalue weighted by molar-refractivity contribution is 0.371. The average molecular weight is 372 g/mol. The summed E-state index contributed by atoms with van der Waals surface area (Å²) in [6.07, 6.45) is 0. The molecule has 2 N–H and O–H groups in total. The molecule has 0 saturated carbocycles. The number of allylic oxidation sites excluding steroid dienone is 1. The predicted octanol–water partition coefficient (Wildman–Crippen LogP) is 3.96. The second kappa shape index (κ2) is 6.97. The van der Waals surface area contributed by atoms with Gasteiger partial charge in [0.05, 0.1) is 11.5 Å². The van der Waals surface area contributed by atoms with E-state index in [2.05, 4.69) is 6.07 Å². The Morgan fingerprint density at radius 1 is 1.07 bits per heavy atom. The number of hydrogen-bond acceptors (Lipinski definition) is 6. The zero-order valence-electron chi connectivity index (χ0n) is 15.0. The first kappa shape index (κ1) is 17.4. The Morgan fingerprint density at radius 2 is 1.82 bits per heavy atom. The van der Waals surface area contributed by atoms with Gasteiger partial charge in [0.1, 0.15) is 34.7 Å². The molecule has 0 saturated heterocycles. The lowest BCUT2D eigenvalue weighted by Crippen LogP contribution is -2.26. The highest BCUT2D eigenvalue weighted by Crippen LogP contribution is 2.41. The smallest absolute Gasteiger partial charge is 0.343 e. The summed E-state index contributed by atoms with van der Waals surface area (Å²) in [5.74, 6) is 1.22. The molecule has 138 valence electrons. The van der Waals surface area contributed by atoms with Crippen LogP contribution in [0.15, 0.2) is 81.3 Å². The molecule has 28 heavy (non-hydrogen) atoms. The highest BCUT2D eigenvalue weighted by Gasteiger charge is 2.34. The molecule has 1 aliphatic heterocycles. The SMILES string of the molecule is Cc1cc2c(c(=O)o1)C(c1cccc(Oc3ccccc3)c1)C(C#N)=C(N)O2. The molecule has 6 heteroatoms. The molecule has 0 amide bonds. The third-order valence-electron chi connectivity index (χ3n) is 4.43. The molecule has 4 rings (SSSR count). The standard InChI is InChI=1S/C22H16N2O4/c1-13-10-18-20(22(25)26-13)19(17(12-23)21(24)28-18)14-6-5-9-16(11-14)27-15-7-3-2-4-8-15/h2-11,19H,24H2,1H3. The summed E-state index contributed by atoms with van der Waals surface area (Å²) < 4.78 is 16.6. The van der Waals surface area contributed by atoms with Gasteiger partial charge in [-0.1, -0.05) is 30.3 Å². The number of nitrogens with two attached hydrogens (primary N) is 1. The Labute approximate surface area is 161 Å². The number of nitrogens with zero attached hydrogens (tertiary/aromatic N) is 1. The fourth-order valence-electron chi connectivity index (χ4n) is 3.23. The van der Waals surface area contributed by atoms with E-state index in [-0.39, 0.29) is 17.0 Å². The van der Waals surface area contributed by atoms with Crippen LogP contribution >= 0.6 is 0 Å². The summed E-state index contributed by atoms with van der Waals surface area (Å²) in [4.78, 5) is 12.6. The number of ether oxygens (including phenoxy) is 2. The number of hydrogen-bond donors (Lipinski definition) is 1. The molecule has 0 fully saturated rings. The first-order valence-electron chi connectivity index (χ1n) is 8.62. The Bertz CT molecular complexity index is 1170. The minimum Gasteiger partial charge on any atom is -0.457 e. The Kier molecular flexibility index (Phi) is 4.34. The van der Waals surface area contributed by atoms with E-state index >= 15 is 0 Å². The second-order valence-corrected chi connectivity index (χ2v) is 6.33. The van der Waals surface area contributed by atoms with Gasteiger partial charge in [0.25, 0.3) is 0 Å². The van der Waals surface area contributed by atoms with Crippen molar-refractivity contribution >= 4 is 0 Å². The Morgan fingerprint density at radius 3 is 2.57 bits per heavy atom. The van der Waals surface area contributed by atoms with E-state index in [1.54, 1.807) is 31.2 Å². The normalized spacial score (nSPS) is 15.4. The van der Waals surface area contributed by atoms with E-state index in [9.17, 15) is 10.1 Å². The van der Waals surface area contributed by atoms with Crippen molar-refractivity contribution in [1.82, 2.24) is 0 Å². The van der Waals surface area contributed by atoms with E-state index < -0.39 is 11.5 Å². The second-order valence-electron chi connectivity index (χ2n) is 6.33. The largest absolute Gasteiger partial charge is 0.457 e. The molecule has 6 nitrogen and oxygen atoms in total. The van der Waals surface area contributed by atoms with Crippen molar-refractivity contribution in [3.8, 4) is 23.3 Å². The fraction of sp³-hybridized carbons (Fsp3) is 0.0909. The first-order chi connectivity index (χ1) is 13.6. The van der Waals surface area contributed by atoms with Crippen molar-refractivity contribution in [2.75, 3.05) is 0 Å². The highest BCUT2D eigenvalue weighted by atomic mass is 16.5. The molecule has 0 radical (unpaired) electrons. The van der Waals surface area contributed by atoms with Crippen molar-refractivity contribution < 1.29 is 13.9 Å². The third-order valence-corrected chi connectivity index (χ3v) is 4.43. The molecule has 0 spiro atoms. The number of aryl methyl sites for hydroxylation is 1. The number of rotatable bonds is 3. The van der Waals surface area contributed by atoms with Crippen LogP contribution in [0.2, 0.25) is 0 Å². The first-order valence-corrected chi connectivity index (χ1v) is 8.62. The topological polar surface area (TPSA) is 98.5 Å². The monoisotopic (exact) mass is 372 g/mol. The van der Waals surface area contributed by atoms with Crippen LogP contribution in [-0.2, 0) is 0 Å². The molecular formula is C22H16N2O4. The van der Waals surface area contributed by atoms with Crippen LogP contribution < -0.4 is 20.8 Å². The van der Waals surface area contributed by atoms with E-state index in [0.29, 0.717) is 28.6 Å². The zero-order chi connectivity index (χ0) is 19.7. The fourth-order valence-corrected chi connectivity index (χ4v) is 3.23. The Balaban J connectivity index is 1.83. The maximum absolute atomic E-state index is 12.6. The van der Waals surface area contributed by atoms with Crippen LogP contribution in [0.5, 0.6) is 17.2 Å². The average Bonchev–Trinajstić information content (AvgIpc) is 2.67. The van der Waals surface area contributed by atoms with E-state index in [0.717, 1.165) is 0 Å². The van der Waals surface area contributed by atoms with Crippen molar-refractivity contribution in [3.63, 3.8) is 0 Å². The molecule has 0 aliphatic carbocycles. The quantitative estimate of drug-likeness (QED) is 0.747. The molecule has 3 aromatic rings. The van der Waals surface area contributed by atoms with Crippen LogP contribution in [0.25, 0.3) is 0 Å². The van der Waals surface area contributed by atoms with Gasteiger partial charge in [-0.25, -0.2) is 4.79 Å². The van der Waals surface area contributed by atoms with E-state index in [1.807, 2.05) is 36.4 Å². The summed E-state index contributed by atoms with van der Waals surface area (Å²) in [5.41, 5.74) is 6.48. The summed E-state index contributed by atoms with van der Waals surface area (Å²) in [7, 11) is 0. The van der Waals surface area contributed by atoms with Crippen molar-refractivity contribution in [3.05, 3.63) is 99.4 Å². The predicted molar refractivity (Wildman–Crippen MR) is 102 cm³/mol. The highest BCUT2D eigenvalue weighted by molar-refractivity contribution is 5.55. The minimum atomic E-state index is -0.704. The number of benzene rings is 2. The zero-order valence-corrected chi connectivity index (χ0v) is 15.0. The van der Waals surface area contributed by atoms with Crippen LogP contribution in [0.4, 0.5) is 0 Å². The van der Waals surface area contributed by atoms with Gasteiger partial charge in [-0.3, -0.25) is 0 Å². The summed E-state index contributed by atoms with van der Waals surface area (Å²) in [6.45, 7) is 1.65. The third kappa shape index (κ3) is 3.10. The van der Waals surface area contributed by atoms with Gasteiger partial charge in [0, 0.05) is 6.07 Å². The molecule has 0 bridgehead atoms. The maximum Gasteiger partial charge on any atom is 0.343 e.